The van der Waals surface area contributed by atoms with Crippen molar-refractivity contribution in [3.05, 3.63) is 51.8 Å². The zero-order chi connectivity index (χ0) is 17.0. The summed E-state index contributed by atoms with van der Waals surface area (Å²) < 4.78 is 15.7. The van der Waals surface area contributed by atoms with Crippen LogP contribution in [0.2, 0.25) is 0 Å². The van der Waals surface area contributed by atoms with Crippen molar-refractivity contribution < 1.29 is 23.9 Å². The average Bonchev–Trinajstić information content (AvgIpc) is 2.44. The molecule has 2 rings (SSSR count). The van der Waals surface area contributed by atoms with Crippen LogP contribution in [0, 0.1) is 10.1 Å². The number of benzene rings is 1. The van der Waals surface area contributed by atoms with Crippen molar-refractivity contribution in [3.63, 3.8) is 0 Å². The van der Waals surface area contributed by atoms with Gasteiger partial charge in [-0.1, -0.05) is 12.1 Å². The maximum Gasteiger partial charge on any atom is 0.337 e. The lowest BCUT2D eigenvalue weighted by atomic mass is 9.94. The van der Waals surface area contributed by atoms with E-state index in [-0.39, 0.29) is 17.9 Å². The number of hydrogen-bond acceptors (Lipinski definition) is 6. The quantitative estimate of drug-likeness (QED) is 0.455. The van der Waals surface area contributed by atoms with Gasteiger partial charge < -0.3 is 14.2 Å². The van der Waals surface area contributed by atoms with Crippen LogP contribution >= 0.6 is 0 Å². The molecule has 0 radical (unpaired) electrons. The zero-order valence-electron chi connectivity index (χ0n) is 13.3. The van der Waals surface area contributed by atoms with Crippen LogP contribution in [-0.2, 0) is 14.3 Å². The molecule has 1 unspecified atom stereocenters. The number of carbonyl (C=O) groups excluding carboxylic acids is 1. The Morgan fingerprint density at radius 2 is 1.91 bits per heavy atom. The first-order chi connectivity index (χ1) is 10.8. The van der Waals surface area contributed by atoms with Gasteiger partial charge in [-0.2, -0.15) is 0 Å². The Bertz CT molecular complexity index is 620. The number of ether oxygens (including phenoxy) is 3. The minimum absolute atomic E-state index is 0.242. The number of esters is 1. The standard InChI is InChI=1S/C16H19NO6/c1-16(2)22-14(9-15(18)23-16)8-12(10-17(19)20)11-4-6-13(21-3)7-5-11/h4-7,9,12H,8,10H2,1-3H3. The topological polar surface area (TPSA) is 87.9 Å². The van der Waals surface area contributed by atoms with E-state index >= 15 is 0 Å². The van der Waals surface area contributed by atoms with E-state index in [1.807, 2.05) is 0 Å². The molecule has 7 nitrogen and oxygen atoms in total. The minimum atomic E-state index is -1.07. The molecule has 1 heterocycles. The van der Waals surface area contributed by atoms with Gasteiger partial charge in [-0.3, -0.25) is 10.1 Å². The van der Waals surface area contributed by atoms with Crippen LogP contribution in [0.4, 0.5) is 0 Å². The fourth-order valence-corrected chi connectivity index (χ4v) is 2.46. The van der Waals surface area contributed by atoms with Crippen molar-refractivity contribution in [3.8, 4) is 5.75 Å². The molecule has 1 atom stereocenters. The summed E-state index contributed by atoms with van der Waals surface area (Å²) in [5.74, 6) is -0.935. The van der Waals surface area contributed by atoms with Crippen LogP contribution in [0.1, 0.15) is 31.7 Å². The van der Waals surface area contributed by atoms with E-state index in [4.69, 9.17) is 14.2 Å². The minimum Gasteiger partial charge on any atom is -0.497 e. The Hall–Kier alpha value is -2.57. The molecular formula is C16H19NO6. The van der Waals surface area contributed by atoms with E-state index in [0.29, 0.717) is 11.5 Å². The van der Waals surface area contributed by atoms with Crippen LogP contribution in [0.3, 0.4) is 0 Å². The van der Waals surface area contributed by atoms with E-state index in [1.54, 1.807) is 45.2 Å². The van der Waals surface area contributed by atoms with Gasteiger partial charge in [-0.05, 0) is 17.7 Å². The fraction of sp³-hybridized carbons (Fsp3) is 0.438. The molecule has 23 heavy (non-hydrogen) atoms. The Kier molecular flexibility index (Phi) is 4.88. The molecule has 0 saturated heterocycles. The van der Waals surface area contributed by atoms with Crippen LogP contribution < -0.4 is 4.74 Å². The van der Waals surface area contributed by atoms with E-state index in [9.17, 15) is 14.9 Å². The van der Waals surface area contributed by atoms with Crippen LogP contribution in [-0.4, -0.2) is 30.3 Å². The highest BCUT2D eigenvalue weighted by atomic mass is 16.7. The highest BCUT2D eigenvalue weighted by molar-refractivity contribution is 5.83. The summed E-state index contributed by atoms with van der Waals surface area (Å²) in [6, 6.07) is 7.05. The largest absolute Gasteiger partial charge is 0.497 e. The van der Waals surface area contributed by atoms with Crippen molar-refractivity contribution in [1.29, 1.82) is 0 Å². The van der Waals surface area contributed by atoms with Gasteiger partial charge in [0, 0.05) is 25.2 Å². The Balaban J connectivity index is 2.21. The lowest BCUT2D eigenvalue weighted by Gasteiger charge is -2.31. The molecule has 0 N–H and O–H groups in total. The number of allylic oxidation sites excluding steroid dienone is 1. The van der Waals surface area contributed by atoms with Gasteiger partial charge in [0.15, 0.2) is 0 Å². The first-order valence-corrected chi connectivity index (χ1v) is 7.17. The smallest absolute Gasteiger partial charge is 0.337 e. The van der Waals surface area contributed by atoms with Gasteiger partial charge in [-0.25, -0.2) is 4.79 Å². The van der Waals surface area contributed by atoms with E-state index in [1.165, 1.54) is 6.08 Å². The molecule has 1 aromatic carbocycles. The first-order valence-electron chi connectivity index (χ1n) is 7.17. The highest BCUT2D eigenvalue weighted by Gasteiger charge is 2.32. The highest BCUT2D eigenvalue weighted by Crippen LogP contribution is 2.31. The maximum absolute atomic E-state index is 11.6. The third-order valence-corrected chi connectivity index (χ3v) is 3.41. The number of rotatable bonds is 6. The summed E-state index contributed by atoms with van der Waals surface area (Å²) in [6.07, 6.45) is 1.48. The Labute approximate surface area is 134 Å². The molecule has 0 fully saturated rings. The van der Waals surface area contributed by atoms with Crippen molar-refractivity contribution in [2.45, 2.75) is 32.0 Å². The number of methoxy groups -OCH3 is 1. The van der Waals surface area contributed by atoms with Crippen molar-refractivity contribution in [2.24, 2.45) is 0 Å². The van der Waals surface area contributed by atoms with Gasteiger partial charge in [0.2, 0.25) is 12.3 Å². The van der Waals surface area contributed by atoms with Crippen molar-refractivity contribution in [1.82, 2.24) is 0 Å². The van der Waals surface area contributed by atoms with Gasteiger partial charge in [0.1, 0.15) is 11.5 Å². The molecule has 7 heteroatoms. The third-order valence-electron chi connectivity index (χ3n) is 3.41. The second-order valence-electron chi connectivity index (χ2n) is 5.72. The summed E-state index contributed by atoms with van der Waals surface area (Å²) in [5, 5.41) is 11.0. The molecule has 0 bridgehead atoms. The maximum atomic E-state index is 11.6. The van der Waals surface area contributed by atoms with Gasteiger partial charge in [0.05, 0.1) is 19.1 Å². The van der Waals surface area contributed by atoms with Crippen LogP contribution in [0.5, 0.6) is 5.75 Å². The molecular weight excluding hydrogens is 302 g/mol. The Morgan fingerprint density at radius 1 is 1.26 bits per heavy atom. The second-order valence-corrected chi connectivity index (χ2v) is 5.72. The molecule has 1 aliphatic heterocycles. The second kappa shape index (κ2) is 6.68. The summed E-state index contributed by atoms with van der Waals surface area (Å²) >= 11 is 0. The molecule has 0 spiro atoms. The number of hydrogen-bond donors (Lipinski definition) is 0. The number of nitrogens with zero attached hydrogens (tertiary/aromatic N) is 1. The molecule has 1 aliphatic rings. The number of carbonyl (C=O) groups is 1. The Morgan fingerprint density at radius 3 is 2.43 bits per heavy atom. The van der Waals surface area contributed by atoms with Crippen LogP contribution in [0.25, 0.3) is 0 Å². The lowest BCUT2D eigenvalue weighted by Crippen LogP contribution is -2.34. The molecule has 0 saturated carbocycles. The van der Waals surface area contributed by atoms with E-state index < -0.39 is 17.7 Å². The molecule has 124 valence electrons. The van der Waals surface area contributed by atoms with Crippen molar-refractivity contribution >= 4 is 5.97 Å². The monoisotopic (exact) mass is 321 g/mol. The van der Waals surface area contributed by atoms with Crippen LogP contribution in [0.15, 0.2) is 36.1 Å². The first kappa shape index (κ1) is 16.8. The summed E-state index contributed by atoms with van der Waals surface area (Å²) in [7, 11) is 1.55. The SMILES string of the molecule is COc1ccc(C(CC2=CC(=O)OC(C)(C)O2)C[N+](=O)[O-])cc1. The molecule has 0 aromatic heterocycles. The zero-order valence-corrected chi connectivity index (χ0v) is 13.3. The number of nitro groups is 1. The predicted octanol–water partition coefficient (Wildman–Crippen LogP) is 2.64. The lowest BCUT2D eigenvalue weighted by molar-refractivity contribution is -0.483. The van der Waals surface area contributed by atoms with Gasteiger partial charge >= 0.3 is 5.97 Å². The number of cyclic esters (lactones) is 1. The molecule has 0 amide bonds. The fourth-order valence-electron chi connectivity index (χ4n) is 2.46. The van der Waals surface area contributed by atoms with Gasteiger partial charge in [0.25, 0.3) is 0 Å². The van der Waals surface area contributed by atoms with E-state index in [2.05, 4.69) is 0 Å². The summed E-state index contributed by atoms with van der Waals surface area (Å²) in [6.45, 7) is 2.98. The van der Waals surface area contributed by atoms with Gasteiger partial charge in [-0.15, -0.1) is 0 Å². The molecule has 0 aliphatic carbocycles. The molecule has 1 aromatic rings. The predicted molar refractivity (Wildman–Crippen MR) is 81.6 cm³/mol. The summed E-state index contributed by atoms with van der Waals surface area (Å²) in [4.78, 5) is 22.2. The van der Waals surface area contributed by atoms with E-state index in [0.717, 1.165) is 5.56 Å². The van der Waals surface area contributed by atoms with Crippen molar-refractivity contribution in [2.75, 3.05) is 13.7 Å². The summed E-state index contributed by atoms with van der Waals surface area (Å²) in [5.41, 5.74) is 0.781. The third kappa shape index (κ3) is 4.70. The average molecular weight is 321 g/mol. The normalized spacial score (nSPS) is 17.5.